The van der Waals surface area contributed by atoms with Gasteiger partial charge in [0.1, 0.15) is 5.82 Å². The van der Waals surface area contributed by atoms with E-state index in [0.29, 0.717) is 29.1 Å². The Balaban J connectivity index is 1.09. The van der Waals surface area contributed by atoms with Gasteiger partial charge in [0.05, 0.1) is 5.41 Å². The number of allylic oxidation sites excluding steroid dienone is 4. The van der Waals surface area contributed by atoms with Crippen molar-refractivity contribution in [2.75, 3.05) is 0 Å². The molecule has 0 aliphatic heterocycles. The zero-order valence-electron chi connectivity index (χ0n) is 33.0. The first kappa shape index (κ1) is 35.0. The molecule has 3 aliphatic rings. The lowest BCUT2D eigenvalue weighted by atomic mass is 9.70. The van der Waals surface area contributed by atoms with E-state index in [1.165, 1.54) is 44.5 Å². The van der Waals surface area contributed by atoms with Crippen molar-refractivity contribution in [3.05, 3.63) is 228 Å². The molecule has 3 aliphatic carbocycles. The van der Waals surface area contributed by atoms with E-state index in [2.05, 4.69) is 121 Å². The van der Waals surface area contributed by atoms with E-state index in [-0.39, 0.29) is 5.92 Å². The monoisotopic (exact) mass is 780 g/mol. The number of rotatable bonds is 6. The van der Waals surface area contributed by atoms with Crippen molar-refractivity contribution in [2.24, 2.45) is 0 Å². The minimum Gasteiger partial charge on any atom is -0.212 e. The number of hydrogen-bond donors (Lipinski definition) is 0. The van der Waals surface area contributed by atoms with Crippen molar-refractivity contribution in [2.45, 2.75) is 17.8 Å². The topological polar surface area (TPSA) is 77.3 Å². The minimum absolute atomic E-state index is 0.0615. The summed E-state index contributed by atoms with van der Waals surface area (Å²) in [5, 5.41) is 0. The van der Waals surface area contributed by atoms with Crippen molar-refractivity contribution in [1.29, 1.82) is 0 Å². The third-order valence-electron chi connectivity index (χ3n) is 12.3. The third kappa shape index (κ3) is 5.64. The lowest BCUT2D eigenvalue weighted by Crippen LogP contribution is -2.26. The summed E-state index contributed by atoms with van der Waals surface area (Å²) in [6, 6.07) is 61.8. The molecule has 286 valence electrons. The highest BCUT2D eigenvalue weighted by Gasteiger charge is 2.52. The molecular formula is C55H36N6. The van der Waals surface area contributed by atoms with Crippen LogP contribution in [0.4, 0.5) is 0 Å². The summed E-state index contributed by atoms with van der Waals surface area (Å²) in [5.41, 5.74) is 13.8. The van der Waals surface area contributed by atoms with Gasteiger partial charge in [-0.05, 0) is 63.1 Å². The van der Waals surface area contributed by atoms with Gasteiger partial charge in [0, 0.05) is 33.7 Å². The predicted octanol–water partition coefficient (Wildman–Crippen LogP) is 12.3. The van der Waals surface area contributed by atoms with Gasteiger partial charge in [-0.25, -0.2) is 29.9 Å². The Bertz CT molecular complexity index is 3130. The molecule has 9 aromatic rings. The molecule has 1 atom stereocenters. The second-order valence-electron chi connectivity index (χ2n) is 15.8. The summed E-state index contributed by atoms with van der Waals surface area (Å²) in [4.78, 5) is 30.8. The van der Waals surface area contributed by atoms with Crippen LogP contribution in [0.15, 0.2) is 200 Å². The minimum atomic E-state index is -0.629. The Morgan fingerprint density at radius 1 is 0.344 bits per heavy atom. The van der Waals surface area contributed by atoms with E-state index in [1.807, 2.05) is 78.9 Å². The molecule has 1 spiro atoms. The van der Waals surface area contributed by atoms with E-state index in [0.717, 1.165) is 40.1 Å². The summed E-state index contributed by atoms with van der Waals surface area (Å²) in [5.74, 6) is 4.06. The summed E-state index contributed by atoms with van der Waals surface area (Å²) < 4.78 is 0. The zero-order chi connectivity index (χ0) is 40.3. The maximum absolute atomic E-state index is 5.22. The van der Waals surface area contributed by atoms with Gasteiger partial charge in [-0.2, -0.15) is 0 Å². The van der Waals surface area contributed by atoms with Crippen LogP contribution in [0, 0.1) is 0 Å². The molecule has 61 heavy (non-hydrogen) atoms. The molecule has 0 amide bonds. The Morgan fingerprint density at radius 3 is 1.20 bits per heavy atom. The van der Waals surface area contributed by atoms with Crippen molar-refractivity contribution in [1.82, 2.24) is 29.9 Å². The highest BCUT2D eigenvalue weighted by molar-refractivity contribution is 5.96. The van der Waals surface area contributed by atoms with Crippen LogP contribution in [0.5, 0.6) is 0 Å². The number of hydrogen-bond acceptors (Lipinski definition) is 6. The van der Waals surface area contributed by atoms with Crippen LogP contribution in [-0.2, 0) is 5.41 Å². The van der Waals surface area contributed by atoms with Crippen LogP contribution in [0.1, 0.15) is 40.4 Å². The van der Waals surface area contributed by atoms with E-state index in [9.17, 15) is 0 Å². The van der Waals surface area contributed by atoms with Crippen LogP contribution in [-0.4, -0.2) is 29.9 Å². The second kappa shape index (κ2) is 14.1. The number of aromatic nitrogens is 6. The maximum atomic E-state index is 5.22. The normalized spacial score (nSPS) is 15.0. The van der Waals surface area contributed by atoms with Crippen molar-refractivity contribution in [3.8, 4) is 79.2 Å². The Hall–Kier alpha value is -7.96. The predicted molar refractivity (Wildman–Crippen MR) is 242 cm³/mol. The average Bonchev–Trinajstić information content (AvgIpc) is 3.81. The molecule has 2 heterocycles. The van der Waals surface area contributed by atoms with Gasteiger partial charge in [0.15, 0.2) is 29.1 Å². The molecule has 7 aromatic carbocycles. The van der Waals surface area contributed by atoms with Crippen LogP contribution in [0.3, 0.4) is 0 Å². The maximum Gasteiger partial charge on any atom is 0.164 e. The molecule has 0 saturated carbocycles. The summed E-state index contributed by atoms with van der Waals surface area (Å²) >= 11 is 0. The fraction of sp³-hybridized carbons (Fsp3) is 0.0545. The van der Waals surface area contributed by atoms with Gasteiger partial charge >= 0.3 is 0 Å². The van der Waals surface area contributed by atoms with Crippen LogP contribution >= 0.6 is 0 Å². The molecule has 2 aromatic heterocycles. The Labute approximate surface area is 353 Å². The van der Waals surface area contributed by atoms with E-state index in [1.54, 1.807) is 0 Å². The fourth-order valence-corrected chi connectivity index (χ4v) is 9.53. The van der Waals surface area contributed by atoms with Crippen molar-refractivity contribution < 1.29 is 0 Å². The number of benzene rings is 7. The molecule has 12 rings (SSSR count). The first-order chi connectivity index (χ1) is 30.2. The van der Waals surface area contributed by atoms with Gasteiger partial charge in [0.25, 0.3) is 0 Å². The lowest BCUT2D eigenvalue weighted by Gasteiger charge is -2.31. The van der Waals surface area contributed by atoms with Gasteiger partial charge in [0.2, 0.25) is 0 Å². The van der Waals surface area contributed by atoms with Gasteiger partial charge < -0.3 is 0 Å². The van der Waals surface area contributed by atoms with E-state index in [4.69, 9.17) is 29.9 Å². The van der Waals surface area contributed by atoms with Crippen molar-refractivity contribution in [3.63, 3.8) is 0 Å². The third-order valence-corrected chi connectivity index (χ3v) is 12.3. The van der Waals surface area contributed by atoms with Crippen LogP contribution in [0.25, 0.3) is 79.2 Å². The molecule has 0 bridgehead atoms. The molecule has 1 unspecified atom stereocenters. The summed E-state index contributed by atoms with van der Waals surface area (Å²) in [6.07, 6.45) is 9.37. The Kier molecular flexibility index (Phi) is 8.10. The molecule has 0 fully saturated rings. The first-order valence-corrected chi connectivity index (χ1v) is 20.7. The Morgan fingerprint density at radius 2 is 0.738 bits per heavy atom. The van der Waals surface area contributed by atoms with Gasteiger partial charge in [-0.15, -0.1) is 0 Å². The standard InChI is InChI=1S/C55H36N6/c1-5-17-35(18-6-1)49-56-50(36-19-7-2-8-20-36)59-53(58-49)39-29-31-43-44-32-30-40(54-60-51(37-21-9-3-10-22-37)57-52(61-54)38-23-11-4-12-24-38)34-48(44)55(47(43)33-39)45-27-15-13-25-41(45)42-26-14-16-28-46(42)55/h1-23,25-34,38H,24H2. The second-order valence-corrected chi connectivity index (χ2v) is 15.8. The highest BCUT2D eigenvalue weighted by atomic mass is 15.0. The molecule has 0 radical (unpaired) electrons. The van der Waals surface area contributed by atoms with Crippen LogP contribution < -0.4 is 0 Å². The first-order valence-electron chi connectivity index (χ1n) is 20.7. The number of nitrogens with zero attached hydrogens (tertiary/aromatic N) is 6. The molecular weight excluding hydrogens is 745 g/mol. The van der Waals surface area contributed by atoms with E-state index < -0.39 is 5.41 Å². The zero-order valence-corrected chi connectivity index (χ0v) is 33.0. The SMILES string of the molecule is C1=CCC(c2nc(-c3ccccc3)nc(-c3ccc4c(c3)C3(c5ccccc5-c5ccccc53)c3cc(-c5nc(-c6ccccc6)nc(-c6ccccc6)n5)ccc3-4)n2)C=C1. The number of fused-ring (bicyclic) bond motifs is 10. The van der Waals surface area contributed by atoms with Crippen molar-refractivity contribution >= 4 is 0 Å². The summed E-state index contributed by atoms with van der Waals surface area (Å²) in [7, 11) is 0. The molecule has 6 heteroatoms. The molecule has 0 saturated heterocycles. The molecule has 6 nitrogen and oxygen atoms in total. The smallest absolute Gasteiger partial charge is 0.164 e. The fourth-order valence-electron chi connectivity index (χ4n) is 9.53. The van der Waals surface area contributed by atoms with Crippen LogP contribution in [0.2, 0.25) is 0 Å². The summed E-state index contributed by atoms with van der Waals surface area (Å²) in [6.45, 7) is 0. The quantitative estimate of drug-likeness (QED) is 0.167. The van der Waals surface area contributed by atoms with Gasteiger partial charge in [-0.1, -0.05) is 188 Å². The van der Waals surface area contributed by atoms with Gasteiger partial charge in [-0.3, -0.25) is 0 Å². The van der Waals surface area contributed by atoms with E-state index >= 15 is 0 Å². The average molecular weight is 781 g/mol. The largest absolute Gasteiger partial charge is 0.212 e. The molecule has 0 N–H and O–H groups in total. The lowest BCUT2D eigenvalue weighted by molar-refractivity contribution is 0.763. The highest BCUT2D eigenvalue weighted by Crippen LogP contribution is 2.63.